The molecule has 0 spiro atoms. The van der Waals surface area contributed by atoms with Crippen molar-refractivity contribution in [2.24, 2.45) is 5.73 Å². The summed E-state index contributed by atoms with van der Waals surface area (Å²) in [6.45, 7) is 0.0513. The van der Waals surface area contributed by atoms with Gasteiger partial charge in [-0.15, -0.1) is 0 Å². The van der Waals surface area contributed by atoms with E-state index in [0.29, 0.717) is 0 Å². The third-order valence-corrected chi connectivity index (χ3v) is 2.18. The fourth-order valence-corrected chi connectivity index (χ4v) is 1.28. The number of aromatic carboxylic acids is 1. The molecule has 0 aliphatic heterocycles. The van der Waals surface area contributed by atoms with Gasteiger partial charge in [0.1, 0.15) is 17.4 Å². The lowest BCUT2D eigenvalue weighted by Crippen LogP contribution is -2.39. The van der Waals surface area contributed by atoms with Gasteiger partial charge in [-0.05, 0) is 18.2 Å². The first-order valence-corrected chi connectivity index (χ1v) is 5.07. The summed E-state index contributed by atoms with van der Waals surface area (Å²) in [6, 6.07) is 2.85. The van der Waals surface area contributed by atoms with Crippen LogP contribution in [0.3, 0.4) is 0 Å². The molecule has 0 aliphatic rings. The predicted octanol–water partition coefficient (Wildman–Crippen LogP) is 0.00260. The minimum atomic E-state index is -1.29. The van der Waals surface area contributed by atoms with Crippen LogP contribution in [0.1, 0.15) is 10.4 Å². The van der Waals surface area contributed by atoms with Crippen LogP contribution in [0.2, 0.25) is 0 Å². The lowest BCUT2D eigenvalue weighted by Gasteiger charge is -2.11. The number of hydrogen-bond donors (Lipinski definition) is 4. The van der Waals surface area contributed by atoms with E-state index in [0.717, 1.165) is 6.07 Å². The quantitative estimate of drug-likeness (QED) is 0.549. The molecule has 0 fully saturated rings. The molecule has 1 rings (SSSR count). The molecule has 7 heteroatoms. The maximum absolute atomic E-state index is 11.5. The first-order valence-electron chi connectivity index (χ1n) is 5.07. The Kier molecular flexibility index (Phi) is 4.64. The number of nitrogens with two attached hydrogens (primary N) is 1. The zero-order valence-corrected chi connectivity index (χ0v) is 9.71. The van der Waals surface area contributed by atoms with Crippen LogP contribution in [-0.2, 0) is 9.53 Å². The van der Waals surface area contributed by atoms with Crippen molar-refractivity contribution in [1.82, 2.24) is 0 Å². The Bertz CT molecular complexity index is 461. The fourth-order valence-electron chi connectivity index (χ4n) is 1.28. The van der Waals surface area contributed by atoms with Crippen molar-refractivity contribution in [3.8, 4) is 5.75 Å². The number of phenols is 1. The SMILES string of the molecule is COCC(N)C(=O)Nc1ccc(O)c(C(=O)O)c1. The minimum Gasteiger partial charge on any atom is -0.507 e. The van der Waals surface area contributed by atoms with Gasteiger partial charge in [0.25, 0.3) is 0 Å². The smallest absolute Gasteiger partial charge is 0.339 e. The number of methoxy groups -OCH3 is 1. The summed E-state index contributed by atoms with van der Waals surface area (Å²) in [7, 11) is 1.41. The monoisotopic (exact) mass is 254 g/mol. The average molecular weight is 254 g/mol. The summed E-state index contributed by atoms with van der Waals surface area (Å²) in [6.07, 6.45) is 0. The van der Waals surface area contributed by atoms with Crippen LogP contribution in [0.25, 0.3) is 0 Å². The van der Waals surface area contributed by atoms with Gasteiger partial charge in [0.15, 0.2) is 0 Å². The van der Waals surface area contributed by atoms with Crippen molar-refractivity contribution < 1.29 is 24.5 Å². The van der Waals surface area contributed by atoms with E-state index in [9.17, 15) is 14.7 Å². The van der Waals surface area contributed by atoms with Crippen LogP contribution < -0.4 is 11.1 Å². The Morgan fingerprint density at radius 1 is 1.50 bits per heavy atom. The summed E-state index contributed by atoms with van der Waals surface area (Å²) >= 11 is 0. The van der Waals surface area contributed by atoms with E-state index in [1.165, 1.54) is 19.2 Å². The molecular weight excluding hydrogens is 240 g/mol. The van der Waals surface area contributed by atoms with Crippen molar-refractivity contribution in [3.63, 3.8) is 0 Å². The number of nitrogens with one attached hydrogen (secondary N) is 1. The third kappa shape index (κ3) is 3.44. The number of carboxylic acids is 1. The maximum Gasteiger partial charge on any atom is 0.339 e. The Hall–Kier alpha value is -2.12. The molecule has 18 heavy (non-hydrogen) atoms. The van der Waals surface area contributed by atoms with Gasteiger partial charge in [-0.25, -0.2) is 4.79 Å². The van der Waals surface area contributed by atoms with Crippen molar-refractivity contribution in [3.05, 3.63) is 23.8 Å². The molecule has 1 atom stereocenters. The number of benzene rings is 1. The van der Waals surface area contributed by atoms with E-state index < -0.39 is 17.9 Å². The molecule has 0 saturated carbocycles. The van der Waals surface area contributed by atoms with Crippen molar-refractivity contribution in [2.75, 3.05) is 19.0 Å². The molecule has 1 aromatic carbocycles. The molecule has 5 N–H and O–H groups in total. The first-order chi connectivity index (χ1) is 8.45. The van der Waals surface area contributed by atoms with Crippen molar-refractivity contribution >= 4 is 17.6 Å². The second-order valence-electron chi connectivity index (χ2n) is 3.59. The van der Waals surface area contributed by atoms with Gasteiger partial charge in [-0.2, -0.15) is 0 Å². The van der Waals surface area contributed by atoms with Crippen molar-refractivity contribution in [2.45, 2.75) is 6.04 Å². The molecule has 1 aromatic rings. The molecule has 0 bridgehead atoms. The number of aromatic hydroxyl groups is 1. The van der Waals surface area contributed by atoms with Gasteiger partial charge < -0.3 is 26.0 Å². The predicted molar refractivity (Wildman–Crippen MR) is 63.5 cm³/mol. The Labute approximate surface area is 103 Å². The highest BCUT2D eigenvalue weighted by Crippen LogP contribution is 2.21. The van der Waals surface area contributed by atoms with Crippen LogP contribution in [0, 0.1) is 0 Å². The summed E-state index contributed by atoms with van der Waals surface area (Å²) in [5.41, 5.74) is 5.44. The van der Waals surface area contributed by atoms with Gasteiger partial charge in [0, 0.05) is 12.8 Å². The molecule has 0 saturated heterocycles. The summed E-state index contributed by atoms with van der Waals surface area (Å²) < 4.78 is 4.72. The highest BCUT2D eigenvalue weighted by Gasteiger charge is 2.15. The molecule has 7 nitrogen and oxygen atoms in total. The number of ether oxygens (including phenoxy) is 1. The molecule has 0 heterocycles. The Balaban J connectivity index is 2.82. The minimum absolute atomic E-state index is 0.0513. The van der Waals surface area contributed by atoms with E-state index in [1.807, 2.05) is 0 Å². The lowest BCUT2D eigenvalue weighted by molar-refractivity contribution is -0.118. The van der Waals surface area contributed by atoms with E-state index in [2.05, 4.69) is 5.32 Å². The molecular formula is C11H14N2O5. The highest BCUT2D eigenvalue weighted by molar-refractivity contribution is 5.97. The molecule has 98 valence electrons. The normalized spacial score (nSPS) is 11.9. The van der Waals surface area contributed by atoms with E-state index >= 15 is 0 Å². The van der Waals surface area contributed by atoms with Crippen molar-refractivity contribution in [1.29, 1.82) is 0 Å². The fraction of sp³-hybridized carbons (Fsp3) is 0.273. The number of anilines is 1. The standard InChI is InChI=1S/C11H14N2O5/c1-18-5-8(12)10(15)13-6-2-3-9(14)7(4-6)11(16)17/h2-4,8,14H,5,12H2,1H3,(H,13,15)(H,16,17). The van der Waals surface area contributed by atoms with Gasteiger partial charge in [0.05, 0.1) is 6.61 Å². The number of rotatable bonds is 5. The summed E-state index contributed by atoms with van der Waals surface area (Å²) in [4.78, 5) is 22.3. The molecule has 0 radical (unpaired) electrons. The number of carbonyl (C=O) groups is 2. The van der Waals surface area contributed by atoms with Gasteiger partial charge in [-0.1, -0.05) is 0 Å². The maximum atomic E-state index is 11.5. The van der Waals surface area contributed by atoms with Crippen LogP contribution in [0.4, 0.5) is 5.69 Å². The highest BCUT2D eigenvalue weighted by atomic mass is 16.5. The molecule has 0 aromatic heterocycles. The summed E-state index contributed by atoms with van der Waals surface area (Å²) in [5.74, 6) is -2.16. The average Bonchev–Trinajstić information content (AvgIpc) is 2.31. The Morgan fingerprint density at radius 3 is 2.72 bits per heavy atom. The van der Waals surface area contributed by atoms with E-state index in [4.69, 9.17) is 15.6 Å². The third-order valence-electron chi connectivity index (χ3n) is 2.18. The van der Waals surface area contributed by atoms with E-state index in [-0.39, 0.29) is 23.6 Å². The molecule has 1 unspecified atom stereocenters. The number of hydrogen-bond acceptors (Lipinski definition) is 5. The first kappa shape index (κ1) is 13.9. The second kappa shape index (κ2) is 5.99. The lowest BCUT2D eigenvalue weighted by atomic mass is 10.1. The zero-order valence-electron chi connectivity index (χ0n) is 9.71. The molecule has 1 amide bonds. The summed E-state index contributed by atoms with van der Waals surface area (Å²) in [5, 5.41) is 20.5. The largest absolute Gasteiger partial charge is 0.507 e. The van der Waals surface area contributed by atoms with Gasteiger partial charge in [-0.3, -0.25) is 4.79 Å². The molecule has 0 aliphatic carbocycles. The van der Waals surface area contributed by atoms with Gasteiger partial charge >= 0.3 is 5.97 Å². The van der Waals surface area contributed by atoms with Crippen LogP contribution in [0.15, 0.2) is 18.2 Å². The van der Waals surface area contributed by atoms with Gasteiger partial charge in [0.2, 0.25) is 5.91 Å². The zero-order chi connectivity index (χ0) is 13.7. The van der Waals surface area contributed by atoms with Crippen LogP contribution in [-0.4, -0.2) is 41.8 Å². The Morgan fingerprint density at radius 2 is 2.17 bits per heavy atom. The number of amides is 1. The second-order valence-corrected chi connectivity index (χ2v) is 3.59. The topological polar surface area (TPSA) is 122 Å². The van der Waals surface area contributed by atoms with Crippen LogP contribution >= 0.6 is 0 Å². The van der Waals surface area contributed by atoms with E-state index in [1.54, 1.807) is 0 Å². The number of carboxylic acid groups (broad SMARTS) is 1. The number of carbonyl (C=O) groups excluding carboxylic acids is 1. The van der Waals surface area contributed by atoms with Crippen LogP contribution in [0.5, 0.6) is 5.75 Å².